The fourth-order valence-electron chi connectivity index (χ4n) is 4.22. The van der Waals surface area contributed by atoms with Gasteiger partial charge >= 0.3 is 0 Å². The smallest absolute Gasteiger partial charge is 0.272 e. The van der Waals surface area contributed by atoms with Gasteiger partial charge in [-0.2, -0.15) is 5.10 Å². The van der Waals surface area contributed by atoms with Crippen molar-refractivity contribution in [2.24, 2.45) is 7.05 Å². The lowest BCUT2D eigenvalue weighted by atomic mass is 10.0. The van der Waals surface area contributed by atoms with Gasteiger partial charge in [-0.15, -0.1) is 11.8 Å². The Labute approximate surface area is 165 Å². The Bertz CT molecular complexity index is 860. The molecule has 2 aliphatic rings. The van der Waals surface area contributed by atoms with Crippen molar-refractivity contribution in [2.75, 3.05) is 19.6 Å². The first-order chi connectivity index (χ1) is 13.0. The third-order valence-corrected chi connectivity index (χ3v) is 6.85. The Morgan fingerprint density at radius 3 is 3.04 bits per heavy atom. The summed E-state index contributed by atoms with van der Waals surface area (Å²) in [5.74, 6) is 0.749. The van der Waals surface area contributed by atoms with Crippen molar-refractivity contribution in [1.29, 1.82) is 0 Å². The monoisotopic (exact) mass is 384 g/mol. The fourth-order valence-corrected chi connectivity index (χ4v) is 5.26. The van der Waals surface area contributed by atoms with E-state index in [1.54, 1.807) is 11.8 Å². The second kappa shape index (κ2) is 7.68. The quantitative estimate of drug-likeness (QED) is 0.875. The van der Waals surface area contributed by atoms with Crippen LogP contribution in [0.4, 0.5) is 0 Å². The molecule has 2 aromatic rings. The minimum Gasteiger partial charge on any atom is -0.349 e. The Kier molecular flexibility index (Phi) is 5.28. The Hall–Kier alpha value is -1.79. The number of thioether (sulfide) groups is 1. The zero-order valence-electron chi connectivity index (χ0n) is 16.4. The number of likely N-dealkylation sites (tertiary alicyclic amines) is 1. The molecule has 1 fully saturated rings. The van der Waals surface area contributed by atoms with Gasteiger partial charge in [0.25, 0.3) is 5.91 Å². The van der Waals surface area contributed by atoms with Gasteiger partial charge in [0, 0.05) is 48.0 Å². The van der Waals surface area contributed by atoms with Crippen molar-refractivity contribution < 1.29 is 4.79 Å². The number of piperidine rings is 1. The predicted molar refractivity (Wildman–Crippen MR) is 110 cm³/mol. The number of nitrogens with one attached hydrogen (secondary N) is 1. The summed E-state index contributed by atoms with van der Waals surface area (Å²) in [5, 5.41) is 7.68. The van der Waals surface area contributed by atoms with Crippen molar-refractivity contribution in [3.8, 4) is 11.3 Å². The maximum atomic E-state index is 12.8. The minimum absolute atomic E-state index is 0.0479. The highest BCUT2D eigenvalue weighted by Gasteiger charge is 2.28. The molecule has 5 nitrogen and oxygen atoms in total. The molecule has 0 spiro atoms. The zero-order chi connectivity index (χ0) is 19.0. The summed E-state index contributed by atoms with van der Waals surface area (Å²) >= 11 is 1.79. The number of fused-ring (bicyclic) bond motifs is 3. The predicted octanol–water partition coefficient (Wildman–Crippen LogP) is 3.61. The molecule has 3 heterocycles. The average Bonchev–Trinajstić information content (AvgIpc) is 3.00. The molecular weight excluding hydrogens is 356 g/mol. The Morgan fingerprint density at radius 2 is 2.22 bits per heavy atom. The van der Waals surface area contributed by atoms with E-state index in [1.165, 1.54) is 35.3 Å². The molecule has 144 valence electrons. The standard InChI is InChI=1S/C21H28N4OS/c1-14-7-8-18-16(12-14)20-17(13-27-18)19(23-24(20)3)21(26)22-9-11-25-10-5-4-6-15(25)2/h7-8,12,15H,4-6,9-11,13H2,1-3H3,(H,22,26). The SMILES string of the molecule is Cc1ccc2c(c1)-c1c(c(C(=O)NCCN3CCCCC3C)nn1C)CS2. The van der Waals surface area contributed by atoms with E-state index < -0.39 is 0 Å². The molecule has 1 N–H and O–H groups in total. The van der Waals surface area contributed by atoms with E-state index in [-0.39, 0.29) is 5.91 Å². The minimum atomic E-state index is -0.0479. The number of aromatic nitrogens is 2. The van der Waals surface area contributed by atoms with Crippen LogP contribution >= 0.6 is 11.8 Å². The fraction of sp³-hybridized carbons (Fsp3) is 0.524. The second-order valence-corrected chi connectivity index (χ2v) is 8.74. The van der Waals surface area contributed by atoms with Gasteiger partial charge in [0.15, 0.2) is 5.69 Å². The van der Waals surface area contributed by atoms with E-state index >= 15 is 0 Å². The van der Waals surface area contributed by atoms with E-state index in [1.807, 2.05) is 11.7 Å². The number of hydrogen-bond donors (Lipinski definition) is 1. The molecule has 1 amide bonds. The number of carbonyl (C=O) groups is 1. The van der Waals surface area contributed by atoms with Crippen molar-refractivity contribution in [2.45, 2.75) is 49.8 Å². The highest BCUT2D eigenvalue weighted by molar-refractivity contribution is 7.98. The lowest BCUT2D eigenvalue weighted by Crippen LogP contribution is -2.42. The zero-order valence-corrected chi connectivity index (χ0v) is 17.2. The van der Waals surface area contributed by atoms with Crippen molar-refractivity contribution in [3.63, 3.8) is 0 Å². The number of rotatable bonds is 4. The first kappa shape index (κ1) is 18.6. The Balaban J connectivity index is 1.49. The van der Waals surface area contributed by atoms with Gasteiger partial charge in [-0.25, -0.2) is 0 Å². The molecule has 6 heteroatoms. The van der Waals surface area contributed by atoms with Crippen LogP contribution < -0.4 is 5.32 Å². The lowest BCUT2D eigenvalue weighted by Gasteiger charge is -2.33. The van der Waals surface area contributed by atoms with Crippen LogP contribution in [0.5, 0.6) is 0 Å². The van der Waals surface area contributed by atoms with Crippen molar-refractivity contribution in [1.82, 2.24) is 20.0 Å². The second-order valence-electron chi connectivity index (χ2n) is 7.72. The molecule has 1 unspecified atom stereocenters. The van der Waals surface area contributed by atoms with E-state index in [9.17, 15) is 4.79 Å². The molecule has 0 aliphatic carbocycles. The number of benzene rings is 1. The third kappa shape index (κ3) is 3.65. The average molecular weight is 385 g/mol. The van der Waals surface area contributed by atoms with Crippen LogP contribution in [0, 0.1) is 6.92 Å². The number of carbonyl (C=O) groups excluding carboxylic acids is 1. The summed E-state index contributed by atoms with van der Waals surface area (Å²) < 4.78 is 1.87. The Morgan fingerprint density at radius 1 is 1.37 bits per heavy atom. The number of amides is 1. The van der Waals surface area contributed by atoms with Crippen molar-refractivity contribution in [3.05, 3.63) is 35.0 Å². The van der Waals surface area contributed by atoms with Crippen LogP contribution in [0.25, 0.3) is 11.3 Å². The molecule has 1 aromatic heterocycles. The molecule has 0 bridgehead atoms. The van der Waals surface area contributed by atoms with Crippen LogP contribution in [0.1, 0.15) is 47.8 Å². The summed E-state index contributed by atoms with van der Waals surface area (Å²) in [6, 6.07) is 7.13. The van der Waals surface area contributed by atoms with Gasteiger partial charge in [-0.3, -0.25) is 14.4 Å². The first-order valence-corrected chi connectivity index (χ1v) is 10.8. The van der Waals surface area contributed by atoms with E-state index in [4.69, 9.17) is 0 Å². The molecule has 1 saturated heterocycles. The number of nitrogens with zero attached hydrogens (tertiary/aromatic N) is 3. The molecule has 2 aliphatic heterocycles. The van der Waals surface area contributed by atoms with Crippen molar-refractivity contribution >= 4 is 17.7 Å². The highest BCUT2D eigenvalue weighted by atomic mass is 32.2. The van der Waals surface area contributed by atoms with Gasteiger partial charge in [0.2, 0.25) is 0 Å². The summed E-state index contributed by atoms with van der Waals surface area (Å²) in [4.78, 5) is 16.6. The normalized spacial score (nSPS) is 19.4. The molecule has 1 aromatic carbocycles. The van der Waals surface area contributed by atoms with Gasteiger partial charge in [-0.05, 0) is 45.4 Å². The van der Waals surface area contributed by atoms with Gasteiger partial charge in [-0.1, -0.05) is 18.1 Å². The summed E-state index contributed by atoms with van der Waals surface area (Å²) in [5.41, 5.74) is 5.15. The molecule has 0 radical (unpaired) electrons. The summed E-state index contributed by atoms with van der Waals surface area (Å²) in [6.07, 6.45) is 3.85. The molecular formula is C21H28N4OS. The molecule has 0 saturated carbocycles. The number of aryl methyl sites for hydroxylation is 2. The topological polar surface area (TPSA) is 50.2 Å². The third-order valence-electron chi connectivity index (χ3n) is 5.75. The first-order valence-electron chi connectivity index (χ1n) is 9.86. The van der Waals surface area contributed by atoms with Crippen LogP contribution in [0.15, 0.2) is 23.1 Å². The highest BCUT2D eigenvalue weighted by Crippen LogP contribution is 2.42. The van der Waals surface area contributed by atoms with E-state index in [2.05, 4.69) is 47.4 Å². The largest absolute Gasteiger partial charge is 0.349 e. The molecule has 1 atom stereocenters. The van der Waals surface area contributed by atoms with Crippen LogP contribution in [-0.2, 0) is 12.8 Å². The van der Waals surface area contributed by atoms with E-state index in [0.29, 0.717) is 18.3 Å². The van der Waals surface area contributed by atoms with Crippen LogP contribution in [0.3, 0.4) is 0 Å². The lowest BCUT2D eigenvalue weighted by molar-refractivity contribution is 0.0932. The summed E-state index contributed by atoms with van der Waals surface area (Å²) in [6.45, 7) is 7.12. The maximum Gasteiger partial charge on any atom is 0.272 e. The maximum absolute atomic E-state index is 12.8. The summed E-state index contributed by atoms with van der Waals surface area (Å²) in [7, 11) is 1.94. The van der Waals surface area contributed by atoms with Crippen LogP contribution in [-0.4, -0.2) is 46.3 Å². The van der Waals surface area contributed by atoms with Crippen LogP contribution in [0.2, 0.25) is 0 Å². The van der Waals surface area contributed by atoms with Gasteiger partial charge in [0.05, 0.1) is 5.69 Å². The van der Waals surface area contributed by atoms with Gasteiger partial charge < -0.3 is 5.32 Å². The van der Waals surface area contributed by atoms with E-state index in [0.717, 1.165) is 30.1 Å². The molecule has 27 heavy (non-hydrogen) atoms. The van der Waals surface area contributed by atoms with Gasteiger partial charge in [0.1, 0.15) is 0 Å². The molecule has 4 rings (SSSR count). The number of hydrogen-bond acceptors (Lipinski definition) is 4.